The molecule has 2 rings (SSSR count). The molecule has 0 aliphatic carbocycles. The Morgan fingerprint density at radius 3 is 2.19 bits per heavy atom. The van der Waals surface area contributed by atoms with Crippen molar-refractivity contribution in [3.63, 3.8) is 0 Å². The van der Waals surface area contributed by atoms with Gasteiger partial charge in [0.15, 0.2) is 5.78 Å². The van der Waals surface area contributed by atoms with Crippen LogP contribution in [-0.2, 0) is 0 Å². The summed E-state index contributed by atoms with van der Waals surface area (Å²) < 4.78 is 0. The largest absolute Gasteiger partial charge is 0.370 e. The molecule has 2 aromatic rings. The molecule has 3 heteroatoms. The maximum Gasteiger partial charge on any atom is 0.164 e. The second-order valence-electron chi connectivity index (χ2n) is 4.77. The third-order valence-corrected chi connectivity index (χ3v) is 3.32. The highest BCUT2D eigenvalue weighted by Gasteiger charge is 2.10. The van der Waals surface area contributed by atoms with Crippen molar-refractivity contribution < 1.29 is 4.79 Å². The minimum absolute atomic E-state index is 0.133. The number of Topliss-reactive ketones (excluding diaryl/α,β-unsaturated/α-hetero) is 1. The van der Waals surface area contributed by atoms with Crippen molar-refractivity contribution in [2.75, 3.05) is 18.0 Å². The highest BCUT2D eigenvalue weighted by Crippen LogP contribution is 2.15. The molecule has 0 N–H and O–H groups in total. The van der Waals surface area contributed by atoms with Crippen LogP contribution in [0, 0.1) is 11.3 Å². The first-order valence-corrected chi connectivity index (χ1v) is 7.06. The van der Waals surface area contributed by atoms with E-state index in [1.54, 1.807) is 0 Å². The smallest absolute Gasteiger partial charge is 0.164 e. The maximum atomic E-state index is 12.2. The molecular formula is C18H18N2O. The second kappa shape index (κ2) is 7.86. The number of carbonyl (C=O) groups excluding carboxylic acids is 1. The van der Waals surface area contributed by atoms with Gasteiger partial charge in [-0.05, 0) is 12.1 Å². The highest BCUT2D eigenvalue weighted by atomic mass is 16.1. The maximum absolute atomic E-state index is 12.2. The number of rotatable bonds is 7. The van der Waals surface area contributed by atoms with E-state index in [9.17, 15) is 4.79 Å². The van der Waals surface area contributed by atoms with Gasteiger partial charge in [0, 0.05) is 30.8 Å². The Bertz CT molecular complexity index is 602. The van der Waals surface area contributed by atoms with Crippen LogP contribution in [0.25, 0.3) is 0 Å². The Morgan fingerprint density at radius 1 is 0.952 bits per heavy atom. The van der Waals surface area contributed by atoms with Crippen LogP contribution < -0.4 is 4.90 Å². The van der Waals surface area contributed by atoms with Gasteiger partial charge in [0.25, 0.3) is 0 Å². The summed E-state index contributed by atoms with van der Waals surface area (Å²) in [4.78, 5) is 14.2. The van der Waals surface area contributed by atoms with E-state index in [-0.39, 0.29) is 5.78 Å². The van der Waals surface area contributed by atoms with Gasteiger partial charge in [-0.1, -0.05) is 48.5 Å². The van der Waals surface area contributed by atoms with E-state index in [4.69, 9.17) is 5.26 Å². The van der Waals surface area contributed by atoms with Gasteiger partial charge in [-0.3, -0.25) is 4.79 Å². The van der Waals surface area contributed by atoms with E-state index < -0.39 is 0 Å². The summed E-state index contributed by atoms with van der Waals surface area (Å²) in [6.45, 7) is 1.27. The molecule has 0 fully saturated rings. The minimum Gasteiger partial charge on any atom is -0.370 e. The number of para-hydroxylation sites is 1. The lowest BCUT2D eigenvalue weighted by Crippen LogP contribution is -2.27. The van der Waals surface area contributed by atoms with Gasteiger partial charge in [-0.25, -0.2) is 0 Å². The van der Waals surface area contributed by atoms with Crippen LogP contribution in [-0.4, -0.2) is 18.9 Å². The summed E-state index contributed by atoms with van der Waals surface area (Å²) in [5.41, 5.74) is 1.79. The van der Waals surface area contributed by atoms with Crippen molar-refractivity contribution in [3.05, 3.63) is 66.2 Å². The molecule has 0 aromatic heterocycles. The zero-order chi connectivity index (χ0) is 14.9. The van der Waals surface area contributed by atoms with Crippen LogP contribution in [0.15, 0.2) is 60.7 Å². The Kier molecular flexibility index (Phi) is 5.54. The standard InChI is InChI=1S/C18H18N2O/c19-13-7-14-20(17-10-5-2-6-11-17)15-12-18(21)16-8-3-1-4-9-16/h1-6,8-11H,7,12,14-15H2. The van der Waals surface area contributed by atoms with E-state index in [2.05, 4.69) is 11.0 Å². The summed E-state index contributed by atoms with van der Waals surface area (Å²) in [5.74, 6) is 0.133. The van der Waals surface area contributed by atoms with Crippen molar-refractivity contribution in [3.8, 4) is 6.07 Å². The number of nitriles is 1. The van der Waals surface area contributed by atoms with E-state index in [0.29, 0.717) is 25.9 Å². The molecule has 0 heterocycles. The van der Waals surface area contributed by atoms with Crippen LogP contribution in [0.3, 0.4) is 0 Å². The number of carbonyl (C=O) groups is 1. The van der Waals surface area contributed by atoms with Gasteiger partial charge >= 0.3 is 0 Å². The number of nitrogens with zero attached hydrogens (tertiary/aromatic N) is 2. The van der Waals surface area contributed by atoms with Gasteiger partial charge in [-0.15, -0.1) is 0 Å². The van der Waals surface area contributed by atoms with E-state index in [1.807, 2.05) is 60.7 Å². The Morgan fingerprint density at radius 2 is 1.57 bits per heavy atom. The topological polar surface area (TPSA) is 44.1 Å². The van der Waals surface area contributed by atoms with Gasteiger partial charge < -0.3 is 4.90 Å². The summed E-state index contributed by atoms with van der Waals surface area (Å²) in [6, 6.07) is 21.4. The van der Waals surface area contributed by atoms with Crippen LogP contribution in [0.1, 0.15) is 23.2 Å². The van der Waals surface area contributed by atoms with Crippen molar-refractivity contribution in [1.82, 2.24) is 0 Å². The fraction of sp³-hybridized carbons (Fsp3) is 0.222. The fourth-order valence-electron chi connectivity index (χ4n) is 2.20. The summed E-state index contributed by atoms with van der Waals surface area (Å²) in [6.07, 6.45) is 0.902. The zero-order valence-corrected chi connectivity index (χ0v) is 11.9. The molecular weight excluding hydrogens is 260 g/mol. The predicted molar refractivity (Wildman–Crippen MR) is 84.3 cm³/mol. The molecule has 21 heavy (non-hydrogen) atoms. The van der Waals surface area contributed by atoms with Crippen LogP contribution in [0.4, 0.5) is 5.69 Å². The molecule has 0 bridgehead atoms. The molecule has 0 unspecified atom stereocenters. The third-order valence-electron chi connectivity index (χ3n) is 3.32. The molecule has 0 amide bonds. The lowest BCUT2D eigenvalue weighted by atomic mass is 10.1. The van der Waals surface area contributed by atoms with E-state index >= 15 is 0 Å². The number of ketones is 1. The van der Waals surface area contributed by atoms with Crippen molar-refractivity contribution in [2.24, 2.45) is 0 Å². The quantitative estimate of drug-likeness (QED) is 0.726. The van der Waals surface area contributed by atoms with E-state index in [0.717, 1.165) is 11.3 Å². The average Bonchev–Trinajstić information content (AvgIpc) is 2.56. The Balaban J connectivity index is 1.99. The lowest BCUT2D eigenvalue weighted by Gasteiger charge is -2.23. The molecule has 2 aromatic carbocycles. The summed E-state index contributed by atoms with van der Waals surface area (Å²) in [7, 11) is 0. The molecule has 0 atom stereocenters. The Labute approximate surface area is 125 Å². The average molecular weight is 278 g/mol. The summed E-state index contributed by atoms with van der Waals surface area (Å²) in [5, 5.41) is 8.77. The minimum atomic E-state index is 0.133. The van der Waals surface area contributed by atoms with Gasteiger partial charge in [0.1, 0.15) is 0 Å². The van der Waals surface area contributed by atoms with Gasteiger partial charge in [0.2, 0.25) is 0 Å². The SMILES string of the molecule is N#CCCN(CCC(=O)c1ccccc1)c1ccccc1. The number of hydrogen-bond donors (Lipinski definition) is 0. The Hall–Kier alpha value is -2.60. The first kappa shape index (κ1) is 14.8. The van der Waals surface area contributed by atoms with Crippen LogP contribution >= 0.6 is 0 Å². The molecule has 0 aliphatic rings. The summed E-state index contributed by atoms with van der Waals surface area (Å²) >= 11 is 0. The molecule has 0 aliphatic heterocycles. The van der Waals surface area contributed by atoms with Crippen molar-refractivity contribution in [1.29, 1.82) is 5.26 Å². The lowest BCUT2D eigenvalue weighted by molar-refractivity contribution is 0.0984. The molecule has 0 radical (unpaired) electrons. The van der Waals surface area contributed by atoms with Crippen molar-refractivity contribution >= 4 is 11.5 Å². The predicted octanol–water partition coefficient (Wildman–Crippen LogP) is 3.68. The first-order chi connectivity index (χ1) is 10.3. The van der Waals surface area contributed by atoms with Crippen LogP contribution in [0.5, 0.6) is 0 Å². The first-order valence-electron chi connectivity index (χ1n) is 7.06. The van der Waals surface area contributed by atoms with Gasteiger partial charge in [-0.2, -0.15) is 5.26 Å². The van der Waals surface area contributed by atoms with Crippen LogP contribution in [0.2, 0.25) is 0 Å². The molecule has 106 valence electrons. The van der Waals surface area contributed by atoms with Gasteiger partial charge in [0.05, 0.1) is 12.5 Å². The monoisotopic (exact) mass is 278 g/mol. The second-order valence-corrected chi connectivity index (χ2v) is 4.77. The molecule has 0 saturated heterocycles. The molecule has 3 nitrogen and oxygen atoms in total. The number of anilines is 1. The van der Waals surface area contributed by atoms with Crippen molar-refractivity contribution in [2.45, 2.75) is 12.8 Å². The molecule has 0 spiro atoms. The number of hydrogen-bond acceptors (Lipinski definition) is 3. The number of benzene rings is 2. The fourth-order valence-corrected chi connectivity index (χ4v) is 2.20. The normalized spacial score (nSPS) is 9.86. The molecule has 0 saturated carbocycles. The van der Waals surface area contributed by atoms with E-state index in [1.165, 1.54) is 0 Å². The zero-order valence-electron chi connectivity index (χ0n) is 11.9. The third kappa shape index (κ3) is 4.47. The highest BCUT2D eigenvalue weighted by molar-refractivity contribution is 5.96.